The SMILES string of the molecule is CC[C@@H](C)OCc1nn(CC(C)C)cc1Cl. The fraction of sp³-hybridized carbons (Fsp3) is 0.750. The fourth-order valence-electron chi connectivity index (χ4n) is 1.34. The number of ether oxygens (including phenoxy) is 1. The predicted octanol–water partition coefficient (Wildman–Crippen LogP) is 3.51. The molecular formula is C12H21ClN2O. The second kappa shape index (κ2) is 6.26. The minimum absolute atomic E-state index is 0.256. The second-order valence-electron chi connectivity index (χ2n) is 4.57. The summed E-state index contributed by atoms with van der Waals surface area (Å²) in [6, 6.07) is 0. The average molecular weight is 245 g/mol. The molecule has 3 nitrogen and oxygen atoms in total. The number of halogens is 1. The Balaban J connectivity index is 2.56. The molecular weight excluding hydrogens is 224 g/mol. The molecule has 1 aromatic rings. The standard InChI is InChI=1S/C12H21ClN2O/c1-5-10(4)16-8-12-11(13)7-15(14-12)6-9(2)3/h7,9-10H,5-6,8H2,1-4H3/t10-/m1/s1. The Hall–Kier alpha value is -0.540. The normalized spacial score (nSPS) is 13.4. The summed E-state index contributed by atoms with van der Waals surface area (Å²) in [5.41, 5.74) is 0.836. The van der Waals surface area contributed by atoms with Crippen molar-refractivity contribution < 1.29 is 4.74 Å². The van der Waals surface area contributed by atoms with E-state index in [1.807, 2.05) is 10.9 Å². The van der Waals surface area contributed by atoms with E-state index >= 15 is 0 Å². The van der Waals surface area contributed by atoms with E-state index in [4.69, 9.17) is 16.3 Å². The highest BCUT2D eigenvalue weighted by molar-refractivity contribution is 6.31. The summed E-state index contributed by atoms with van der Waals surface area (Å²) >= 11 is 6.09. The zero-order chi connectivity index (χ0) is 12.1. The van der Waals surface area contributed by atoms with Crippen molar-refractivity contribution in [1.82, 2.24) is 9.78 Å². The van der Waals surface area contributed by atoms with Crippen LogP contribution in [-0.4, -0.2) is 15.9 Å². The van der Waals surface area contributed by atoms with Crippen LogP contribution in [0.1, 0.15) is 39.8 Å². The number of hydrogen-bond donors (Lipinski definition) is 0. The Kier molecular flexibility index (Phi) is 5.29. The van der Waals surface area contributed by atoms with Gasteiger partial charge in [0.25, 0.3) is 0 Å². The van der Waals surface area contributed by atoms with Gasteiger partial charge in [0.05, 0.1) is 17.7 Å². The summed E-state index contributed by atoms with van der Waals surface area (Å²) in [7, 11) is 0. The molecule has 1 rings (SSSR count). The van der Waals surface area contributed by atoms with Gasteiger partial charge in [0.1, 0.15) is 5.69 Å². The van der Waals surface area contributed by atoms with E-state index in [1.165, 1.54) is 0 Å². The molecule has 0 saturated heterocycles. The third kappa shape index (κ3) is 4.14. The predicted molar refractivity (Wildman–Crippen MR) is 66.6 cm³/mol. The van der Waals surface area contributed by atoms with Crippen LogP contribution in [0, 0.1) is 5.92 Å². The van der Waals surface area contributed by atoms with Crippen molar-refractivity contribution in [3.05, 3.63) is 16.9 Å². The molecule has 0 amide bonds. The van der Waals surface area contributed by atoms with Crippen LogP contribution >= 0.6 is 11.6 Å². The number of aromatic nitrogens is 2. The highest BCUT2D eigenvalue weighted by Crippen LogP contribution is 2.16. The van der Waals surface area contributed by atoms with Crippen molar-refractivity contribution in [3.63, 3.8) is 0 Å². The van der Waals surface area contributed by atoms with E-state index in [9.17, 15) is 0 Å². The van der Waals surface area contributed by atoms with Crippen LogP contribution in [0.2, 0.25) is 5.02 Å². The van der Waals surface area contributed by atoms with Gasteiger partial charge in [-0.2, -0.15) is 5.10 Å². The second-order valence-corrected chi connectivity index (χ2v) is 4.98. The van der Waals surface area contributed by atoms with Gasteiger partial charge in [0, 0.05) is 12.7 Å². The van der Waals surface area contributed by atoms with Crippen LogP contribution in [0.5, 0.6) is 0 Å². The Morgan fingerprint density at radius 2 is 2.12 bits per heavy atom. The molecule has 0 fully saturated rings. The molecule has 0 saturated carbocycles. The maximum Gasteiger partial charge on any atom is 0.107 e. The van der Waals surface area contributed by atoms with Gasteiger partial charge in [-0.15, -0.1) is 0 Å². The molecule has 92 valence electrons. The molecule has 0 aromatic carbocycles. The van der Waals surface area contributed by atoms with Crippen molar-refractivity contribution in [2.75, 3.05) is 0 Å². The first-order valence-electron chi connectivity index (χ1n) is 5.86. The topological polar surface area (TPSA) is 27.1 Å². The molecule has 0 bridgehead atoms. The van der Waals surface area contributed by atoms with Gasteiger partial charge in [-0.05, 0) is 19.3 Å². The molecule has 1 aromatic heterocycles. The van der Waals surface area contributed by atoms with E-state index in [-0.39, 0.29) is 6.10 Å². The lowest BCUT2D eigenvalue weighted by atomic mass is 10.2. The van der Waals surface area contributed by atoms with Crippen molar-refractivity contribution in [2.24, 2.45) is 5.92 Å². The zero-order valence-corrected chi connectivity index (χ0v) is 11.3. The largest absolute Gasteiger partial charge is 0.372 e. The minimum Gasteiger partial charge on any atom is -0.372 e. The Labute approximate surface area is 103 Å². The van der Waals surface area contributed by atoms with Gasteiger partial charge in [-0.25, -0.2) is 0 Å². The van der Waals surface area contributed by atoms with Crippen molar-refractivity contribution >= 4 is 11.6 Å². The van der Waals surface area contributed by atoms with E-state index in [2.05, 4.69) is 32.8 Å². The molecule has 0 radical (unpaired) electrons. The molecule has 16 heavy (non-hydrogen) atoms. The van der Waals surface area contributed by atoms with E-state index < -0.39 is 0 Å². The Morgan fingerprint density at radius 1 is 1.44 bits per heavy atom. The van der Waals surface area contributed by atoms with E-state index in [0.717, 1.165) is 18.7 Å². The van der Waals surface area contributed by atoms with Crippen LogP contribution in [-0.2, 0) is 17.9 Å². The summed E-state index contributed by atoms with van der Waals surface area (Å²) < 4.78 is 7.51. The van der Waals surface area contributed by atoms with E-state index in [0.29, 0.717) is 17.5 Å². The van der Waals surface area contributed by atoms with Gasteiger partial charge in [0.15, 0.2) is 0 Å². The van der Waals surface area contributed by atoms with Gasteiger partial charge in [0.2, 0.25) is 0 Å². The third-order valence-corrected chi connectivity index (χ3v) is 2.73. The summed E-state index contributed by atoms with van der Waals surface area (Å²) in [5.74, 6) is 0.569. The Morgan fingerprint density at radius 3 is 2.69 bits per heavy atom. The van der Waals surface area contributed by atoms with Gasteiger partial charge in [-0.3, -0.25) is 4.68 Å². The molecule has 4 heteroatoms. The molecule has 1 atom stereocenters. The maximum atomic E-state index is 6.09. The van der Waals surface area contributed by atoms with Crippen LogP contribution in [0.4, 0.5) is 0 Å². The summed E-state index contributed by atoms with van der Waals surface area (Å²) in [6.07, 6.45) is 3.13. The van der Waals surface area contributed by atoms with Crippen molar-refractivity contribution in [1.29, 1.82) is 0 Å². The Bertz CT molecular complexity index is 323. The smallest absolute Gasteiger partial charge is 0.107 e. The highest BCUT2D eigenvalue weighted by Gasteiger charge is 2.09. The lowest BCUT2D eigenvalue weighted by Gasteiger charge is -2.08. The first kappa shape index (κ1) is 13.5. The summed E-state index contributed by atoms with van der Waals surface area (Å²) in [5, 5.41) is 5.11. The number of rotatable bonds is 6. The summed E-state index contributed by atoms with van der Waals surface area (Å²) in [6.45, 7) is 9.86. The van der Waals surface area contributed by atoms with Gasteiger partial charge >= 0.3 is 0 Å². The first-order chi connectivity index (χ1) is 7.52. The van der Waals surface area contributed by atoms with E-state index in [1.54, 1.807) is 0 Å². The zero-order valence-electron chi connectivity index (χ0n) is 10.5. The quantitative estimate of drug-likeness (QED) is 0.766. The molecule has 0 spiro atoms. The molecule has 0 aliphatic heterocycles. The first-order valence-corrected chi connectivity index (χ1v) is 6.24. The summed E-state index contributed by atoms with van der Waals surface area (Å²) in [4.78, 5) is 0. The maximum absolute atomic E-state index is 6.09. The average Bonchev–Trinajstić information content (AvgIpc) is 2.54. The molecule has 0 aliphatic carbocycles. The van der Waals surface area contributed by atoms with Crippen LogP contribution in [0.3, 0.4) is 0 Å². The fourth-order valence-corrected chi connectivity index (χ4v) is 1.55. The molecule has 0 unspecified atom stereocenters. The van der Waals surface area contributed by atoms with Gasteiger partial charge in [-0.1, -0.05) is 32.4 Å². The third-order valence-electron chi connectivity index (χ3n) is 2.42. The van der Waals surface area contributed by atoms with Crippen LogP contribution < -0.4 is 0 Å². The molecule has 0 N–H and O–H groups in total. The lowest BCUT2D eigenvalue weighted by molar-refractivity contribution is 0.0486. The van der Waals surface area contributed by atoms with Crippen LogP contribution in [0.25, 0.3) is 0 Å². The van der Waals surface area contributed by atoms with Gasteiger partial charge < -0.3 is 4.74 Å². The minimum atomic E-state index is 0.256. The highest BCUT2D eigenvalue weighted by atomic mass is 35.5. The van der Waals surface area contributed by atoms with Crippen LogP contribution in [0.15, 0.2) is 6.20 Å². The lowest BCUT2D eigenvalue weighted by Crippen LogP contribution is -2.08. The monoisotopic (exact) mass is 244 g/mol. The molecule has 0 aliphatic rings. The van der Waals surface area contributed by atoms with Crippen molar-refractivity contribution in [3.8, 4) is 0 Å². The van der Waals surface area contributed by atoms with Crippen molar-refractivity contribution in [2.45, 2.75) is 53.4 Å². The molecule has 1 heterocycles. The number of hydrogen-bond acceptors (Lipinski definition) is 2. The number of nitrogens with zero attached hydrogens (tertiary/aromatic N) is 2.